The van der Waals surface area contributed by atoms with E-state index in [-0.39, 0.29) is 17.2 Å². The minimum absolute atomic E-state index is 0.00177. The van der Waals surface area contributed by atoms with Crippen LogP contribution >= 0.6 is 0 Å². The number of aromatic nitrogens is 1. The molecule has 0 atom stereocenters. The molecule has 0 aliphatic heterocycles. The van der Waals surface area contributed by atoms with Crippen LogP contribution in [-0.2, 0) is 16.6 Å². The first kappa shape index (κ1) is 14.4. The second-order valence-electron chi connectivity index (χ2n) is 3.98. The molecule has 2 rings (SSSR count). The molecule has 0 aliphatic rings. The van der Waals surface area contributed by atoms with Crippen LogP contribution in [0.3, 0.4) is 0 Å². The summed E-state index contributed by atoms with van der Waals surface area (Å²) in [5.74, 6) is -0.725. The van der Waals surface area contributed by atoms with Crippen molar-refractivity contribution in [1.82, 2.24) is 9.71 Å². The number of rotatable bonds is 5. The summed E-state index contributed by atoms with van der Waals surface area (Å²) in [7, 11) is -2.46. The summed E-state index contributed by atoms with van der Waals surface area (Å²) in [4.78, 5) is 3.69. The molecule has 1 aromatic heterocycles. The highest BCUT2D eigenvalue weighted by Crippen LogP contribution is 2.20. The number of halogens is 1. The Morgan fingerprint density at radius 3 is 2.55 bits per heavy atom. The minimum Gasteiger partial charge on any atom is -0.494 e. The van der Waals surface area contributed by atoms with Crippen molar-refractivity contribution >= 4 is 10.0 Å². The van der Waals surface area contributed by atoms with Gasteiger partial charge in [-0.15, -0.1) is 0 Å². The van der Waals surface area contributed by atoms with E-state index in [1.54, 1.807) is 24.5 Å². The van der Waals surface area contributed by atoms with E-state index in [9.17, 15) is 12.8 Å². The molecule has 0 unspecified atom stereocenters. The number of nitrogens with one attached hydrogen (secondary N) is 1. The summed E-state index contributed by atoms with van der Waals surface area (Å²) < 4.78 is 44.7. The van der Waals surface area contributed by atoms with Gasteiger partial charge in [0, 0.05) is 18.9 Å². The molecule has 106 valence electrons. The lowest BCUT2D eigenvalue weighted by Gasteiger charge is -2.08. The molecule has 20 heavy (non-hydrogen) atoms. The first-order chi connectivity index (χ1) is 9.53. The topological polar surface area (TPSA) is 68.3 Å². The molecule has 0 fully saturated rings. The molecule has 0 bridgehead atoms. The second-order valence-corrected chi connectivity index (χ2v) is 5.74. The summed E-state index contributed by atoms with van der Waals surface area (Å²) in [6.45, 7) is 0.110. The predicted octanol–water partition coefficient (Wildman–Crippen LogP) is 1.71. The van der Waals surface area contributed by atoms with Gasteiger partial charge in [0.15, 0.2) is 11.6 Å². The van der Waals surface area contributed by atoms with E-state index in [1.165, 1.54) is 19.2 Å². The van der Waals surface area contributed by atoms with Crippen molar-refractivity contribution in [3.8, 4) is 5.75 Å². The minimum atomic E-state index is -3.77. The van der Waals surface area contributed by atoms with Gasteiger partial charge in [0.25, 0.3) is 0 Å². The van der Waals surface area contributed by atoms with Gasteiger partial charge in [0.2, 0.25) is 10.0 Å². The number of hydrogen-bond acceptors (Lipinski definition) is 4. The van der Waals surface area contributed by atoms with Gasteiger partial charge in [-0.1, -0.05) is 0 Å². The Morgan fingerprint density at radius 1 is 1.25 bits per heavy atom. The fourth-order valence-corrected chi connectivity index (χ4v) is 2.61. The monoisotopic (exact) mass is 296 g/mol. The van der Waals surface area contributed by atoms with E-state index in [2.05, 4.69) is 9.71 Å². The molecule has 0 spiro atoms. The van der Waals surface area contributed by atoms with Crippen LogP contribution in [0, 0.1) is 5.82 Å². The molecule has 0 saturated carbocycles. The Balaban J connectivity index is 2.16. The third-order valence-corrected chi connectivity index (χ3v) is 4.05. The van der Waals surface area contributed by atoms with Crippen molar-refractivity contribution in [2.75, 3.05) is 7.11 Å². The average molecular weight is 296 g/mol. The van der Waals surface area contributed by atoms with Crippen LogP contribution in [0.2, 0.25) is 0 Å². The van der Waals surface area contributed by atoms with Crippen molar-refractivity contribution in [1.29, 1.82) is 0 Å². The maximum absolute atomic E-state index is 13.5. The van der Waals surface area contributed by atoms with Crippen LogP contribution in [0.15, 0.2) is 47.6 Å². The highest BCUT2D eigenvalue weighted by molar-refractivity contribution is 7.89. The first-order valence-corrected chi connectivity index (χ1v) is 7.23. The maximum Gasteiger partial charge on any atom is 0.240 e. The first-order valence-electron chi connectivity index (χ1n) is 5.75. The Labute approximate surface area is 116 Å². The molecule has 1 N–H and O–H groups in total. The summed E-state index contributed by atoms with van der Waals surface area (Å²) in [6, 6.07) is 6.87. The average Bonchev–Trinajstić information content (AvgIpc) is 2.46. The number of nitrogens with zero attached hydrogens (tertiary/aromatic N) is 1. The van der Waals surface area contributed by atoms with E-state index >= 15 is 0 Å². The molecule has 2 aromatic rings. The molecular weight excluding hydrogens is 283 g/mol. The van der Waals surface area contributed by atoms with Crippen molar-refractivity contribution < 1.29 is 17.5 Å². The van der Waals surface area contributed by atoms with Crippen molar-refractivity contribution in [2.45, 2.75) is 11.4 Å². The summed E-state index contributed by atoms with van der Waals surface area (Å²) in [6.07, 6.45) is 3.13. The zero-order valence-electron chi connectivity index (χ0n) is 10.7. The van der Waals surface area contributed by atoms with Gasteiger partial charge in [0.05, 0.1) is 12.0 Å². The quantitative estimate of drug-likeness (QED) is 0.912. The Kier molecular flexibility index (Phi) is 4.31. The molecule has 0 radical (unpaired) electrons. The highest BCUT2D eigenvalue weighted by atomic mass is 32.2. The molecule has 0 amide bonds. The lowest BCUT2D eigenvalue weighted by atomic mass is 10.3. The Bertz CT molecular complexity index is 690. The van der Waals surface area contributed by atoms with Crippen LogP contribution in [0.25, 0.3) is 0 Å². The van der Waals surface area contributed by atoms with Gasteiger partial charge in [-0.25, -0.2) is 17.5 Å². The number of pyridine rings is 1. The van der Waals surface area contributed by atoms with Gasteiger partial charge >= 0.3 is 0 Å². The van der Waals surface area contributed by atoms with E-state index in [1.807, 2.05) is 0 Å². The van der Waals surface area contributed by atoms with Crippen molar-refractivity contribution in [3.05, 3.63) is 54.1 Å². The van der Waals surface area contributed by atoms with Gasteiger partial charge < -0.3 is 4.74 Å². The van der Waals surface area contributed by atoms with Crippen molar-refractivity contribution in [3.63, 3.8) is 0 Å². The Morgan fingerprint density at radius 2 is 1.95 bits per heavy atom. The third kappa shape index (κ3) is 3.31. The predicted molar refractivity (Wildman–Crippen MR) is 71.2 cm³/mol. The van der Waals surface area contributed by atoms with Crippen LogP contribution in [0.5, 0.6) is 5.75 Å². The van der Waals surface area contributed by atoms with Crippen LogP contribution in [0.1, 0.15) is 5.56 Å². The zero-order chi connectivity index (χ0) is 14.6. The number of sulfonamides is 1. The van der Waals surface area contributed by atoms with Gasteiger partial charge in [-0.3, -0.25) is 4.98 Å². The molecule has 7 heteroatoms. The van der Waals surface area contributed by atoms with E-state index < -0.39 is 15.8 Å². The third-order valence-electron chi connectivity index (χ3n) is 2.65. The molecular formula is C13H13FN2O3S. The lowest BCUT2D eigenvalue weighted by Crippen LogP contribution is -2.23. The van der Waals surface area contributed by atoms with Crippen molar-refractivity contribution in [2.24, 2.45) is 0 Å². The van der Waals surface area contributed by atoms with E-state index in [4.69, 9.17) is 4.74 Å². The van der Waals surface area contributed by atoms with Gasteiger partial charge in [0.1, 0.15) is 0 Å². The standard InChI is InChI=1S/C13H13FN2O3S/c1-19-13-3-2-11(8-12(13)14)20(17,18)16-9-10-4-6-15-7-5-10/h2-8,16H,9H2,1H3. The summed E-state index contributed by atoms with van der Waals surface area (Å²) in [5, 5.41) is 0. The number of hydrogen-bond donors (Lipinski definition) is 1. The van der Waals surface area contributed by atoms with Crippen LogP contribution in [-0.4, -0.2) is 20.5 Å². The Hall–Kier alpha value is -1.99. The maximum atomic E-state index is 13.5. The van der Waals surface area contributed by atoms with E-state index in [0.29, 0.717) is 0 Å². The zero-order valence-corrected chi connectivity index (χ0v) is 11.5. The molecule has 5 nitrogen and oxygen atoms in total. The van der Waals surface area contributed by atoms with Gasteiger partial charge in [-0.2, -0.15) is 0 Å². The highest BCUT2D eigenvalue weighted by Gasteiger charge is 2.16. The van der Waals surface area contributed by atoms with Crippen LogP contribution < -0.4 is 9.46 Å². The van der Waals surface area contributed by atoms with E-state index in [0.717, 1.165) is 11.6 Å². The lowest BCUT2D eigenvalue weighted by molar-refractivity contribution is 0.385. The fraction of sp³-hybridized carbons (Fsp3) is 0.154. The van der Waals surface area contributed by atoms with Crippen LogP contribution in [0.4, 0.5) is 4.39 Å². The number of benzene rings is 1. The smallest absolute Gasteiger partial charge is 0.240 e. The molecule has 0 saturated heterocycles. The van der Waals surface area contributed by atoms with Gasteiger partial charge in [-0.05, 0) is 35.9 Å². The fourth-order valence-electron chi connectivity index (χ4n) is 1.58. The summed E-state index contributed by atoms with van der Waals surface area (Å²) in [5.41, 5.74) is 0.762. The summed E-state index contributed by atoms with van der Waals surface area (Å²) >= 11 is 0. The molecule has 1 aromatic carbocycles. The molecule has 1 heterocycles. The SMILES string of the molecule is COc1ccc(S(=O)(=O)NCc2ccncc2)cc1F. The molecule has 0 aliphatic carbocycles. The number of methoxy groups -OCH3 is 1. The number of ether oxygens (including phenoxy) is 1. The largest absolute Gasteiger partial charge is 0.494 e. The normalized spacial score (nSPS) is 11.3. The second kappa shape index (κ2) is 5.98.